The average Bonchev–Trinajstić information content (AvgIpc) is 2.55. The molecule has 8 N–H and O–H groups in total. The molecule has 0 heterocycles. The molecule has 0 aliphatic heterocycles. The largest absolute Gasteiger partial charge is 0.478 e. The summed E-state index contributed by atoms with van der Waals surface area (Å²) in [5.74, 6) is -4.91. The third-order valence-electron chi connectivity index (χ3n) is 2.78. The Hall–Kier alpha value is -2.57. The van der Waals surface area contributed by atoms with Crippen LogP contribution in [-0.2, 0) is 0 Å². The topological polar surface area (TPSA) is 212 Å². The number of aromatic carboxylic acids is 4. The molecule has 2 rings (SSSR count). The summed E-state index contributed by atoms with van der Waals surface area (Å²) in [6, 6.07) is 11.0. The molecule has 0 bridgehead atoms. The van der Waals surface area contributed by atoms with Gasteiger partial charge in [-0.05, 0) is 24.3 Å². The predicted molar refractivity (Wildman–Crippen MR) is 87.9 cm³/mol. The van der Waals surface area contributed by atoms with Gasteiger partial charge in [-0.3, -0.25) is 0 Å². The maximum atomic E-state index is 10.5. The van der Waals surface area contributed by atoms with Crippen LogP contribution in [0.4, 0.5) is 0 Å². The zero-order valence-electron chi connectivity index (χ0n) is 13.6. The zero-order valence-corrected chi connectivity index (χ0v) is 17.2. The van der Waals surface area contributed by atoms with Crippen molar-refractivity contribution in [1.29, 1.82) is 0 Å². The Morgan fingerprint density at radius 3 is 0.741 bits per heavy atom. The third kappa shape index (κ3) is 8.58. The van der Waals surface area contributed by atoms with Gasteiger partial charge in [0.2, 0.25) is 0 Å². The van der Waals surface area contributed by atoms with E-state index in [2.05, 4.69) is 0 Å². The van der Waals surface area contributed by atoms with E-state index in [1.165, 1.54) is 48.5 Å². The average molecular weight is 507 g/mol. The molecule has 2 aromatic rings. The Kier molecular flexibility index (Phi) is 14.7. The van der Waals surface area contributed by atoms with Crippen LogP contribution in [0.2, 0.25) is 0 Å². The SMILES string of the molecule is O.O.O=C(O)c1ccccc1C(=O)O.O=C(O)c1ccccc1C(=O)O.[La]. The Bertz CT molecular complexity index is 670. The first-order valence-corrected chi connectivity index (χ1v) is 6.37. The van der Waals surface area contributed by atoms with E-state index >= 15 is 0 Å². The molecule has 0 amide bonds. The van der Waals surface area contributed by atoms with Crippen LogP contribution in [0.15, 0.2) is 48.5 Å². The van der Waals surface area contributed by atoms with Crippen molar-refractivity contribution in [3.63, 3.8) is 0 Å². The van der Waals surface area contributed by atoms with Gasteiger partial charge in [0.05, 0.1) is 22.3 Å². The van der Waals surface area contributed by atoms with Crippen molar-refractivity contribution in [2.75, 3.05) is 0 Å². The molecule has 0 fully saturated rings. The summed E-state index contributed by atoms with van der Waals surface area (Å²) < 4.78 is 0. The maximum Gasteiger partial charge on any atom is 0.336 e. The molecule has 0 aliphatic rings. The van der Waals surface area contributed by atoms with Crippen LogP contribution >= 0.6 is 0 Å². The number of carboxylic acid groups (broad SMARTS) is 4. The van der Waals surface area contributed by atoms with Gasteiger partial charge in [-0.1, -0.05) is 24.3 Å². The van der Waals surface area contributed by atoms with Crippen LogP contribution in [0.25, 0.3) is 0 Å². The molecule has 143 valence electrons. The molecule has 27 heavy (non-hydrogen) atoms. The fourth-order valence-corrected chi connectivity index (χ4v) is 1.71. The van der Waals surface area contributed by atoms with E-state index in [-0.39, 0.29) is 68.8 Å². The molecule has 10 nitrogen and oxygen atoms in total. The van der Waals surface area contributed by atoms with E-state index in [1.54, 1.807) is 0 Å². The molecule has 0 saturated carbocycles. The van der Waals surface area contributed by atoms with Crippen LogP contribution < -0.4 is 0 Å². The Morgan fingerprint density at radius 2 is 0.630 bits per heavy atom. The van der Waals surface area contributed by atoms with Crippen molar-refractivity contribution in [1.82, 2.24) is 0 Å². The van der Waals surface area contributed by atoms with Gasteiger partial charge in [-0.25, -0.2) is 19.2 Å². The van der Waals surface area contributed by atoms with Crippen molar-refractivity contribution < 1.29 is 86.2 Å². The number of hydrogen-bond donors (Lipinski definition) is 4. The first-order valence-electron chi connectivity index (χ1n) is 6.37. The molecule has 2 aromatic carbocycles. The number of benzene rings is 2. The molecule has 0 unspecified atom stereocenters. The molecule has 0 saturated heterocycles. The summed E-state index contributed by atoms with van der Waals surface area (Å²) in [5.41, 5.74) is -0.759. The molecular weight excluding hydrogens is 491 g/mol. The first kappa shape index (κ1) is 29.2. The van der Waals surface area contributed by atoms with E-state index in [4.69, 9.17) is 20.4 Å². The van der Waals surface area contributed by atoms with Crippen LogP contribution in [0.5, 0.6) is 0 Å². The van der Waals surface area contributed by atoms with Gasteiger partial charge < -0.3 is 31.4 Å². The number of carboxylic acids is 4. The molecule has 0 atom stereocenters. The van der Waals surface area contributed by atoms with Gasteiger partial charge in [-0.15, -0.1) is 0 Å². The summed E-state index contributed by atoms with van der Waals surface area (Å²) >= 11 is 0. The minimum absolute atomic E-state index is 0. The van der Waals surface area contributed by atoms with Gasteiger partial charge in [0.15, 0.2) is 0 Å². The fourth-order valence-electron chi connectivity index (χ4n) is 1.71. The minimum Gasteiger partial charge on any atom is -0.478 e. The normalized spacial score (nSPS) is 8.30. The van der Waals surface area contributed by atoms with Crippen molar-refractivity contribution in [3.8, 4) is 0 Å². The maximum absolute atomic E-state index is 10.5. The zero-order chi connectivity index (χ0) is 18.3. The van der Waals surface area contributed by atoms with Crippen molar-refractivity contribution in [3.05, 3.63) is 70.8 Å². The predicted octanol–water partition coefficient (Wildman–Crippen LogP) is 0.517. The summed E-state index contributed by atoms with van der Waals surface area (Å²) in [5, 5.41) is 34.2. The first-order chi connectivity index (χ1) is 11.3. The Balaban J connectivity index is -0.000000384. The molecule has 0 aromatic heterocycles. The monoisotopic (exact) mass is 507 g/mol. The number of rotatable bonds is 4. The van der Waals surface area contributed by atoms with Crippen LogP contribution in [0, 0.1) is 35.6 Å². The molecule has 1 radical (unpaired) electrons. The van der Waals surface area contributed by atoms with Crippen molar-refractivity contribution >= 4 is 23.9 Å². The van der Waals surface area contributed by atoms with Gasteiger partial charge in [0.1, 0.15) is 0 Å². The Labute approximate surface area is 180 Å². The second kappa shape index (κ2) is 13.6. The second-order valence-corrected chi connectivity index (χ2v) is 4.31. The summed E-state index contributed by atoms with van der Waals surface area (Å²) in [7, 11) is 0. The quantitative estimate of drug-likeness (QED) is 0.457. The van der Waals surface area contributed by atoms with Crippen LogP contribution in [-0.4, -0.2) is 55.3 Å². The number of carbonyl (C=O) groups is 4. The third-order valence-corrected chi connectivity index (χ3v) is 2.78. The second-order valence-electron chi connectivity index (χ2n) is 4.31. The summed E-state index contributed by atoms with van der Waals surface area (Å²) in [6.45, 7) is 0. The minimum atomic E-state index is -1.23. The van der Waals surface area contributed by atoms with Gasteiger partial charge in [0, 0.05) is 35.6 Å². The van der Waals surface area contributed by atoms with E-state index in [1.807, 2.05) is 0 Å². The standard InChI is InChI=1S/2C8H6O4.La.2H2O/c2*9-7(10)5-3-1-2-4-6(5)8(11)12;;;/h2*1-4H,(H,9,10)(H,11,12);;2*1H2. The molecule has 11 heteroatoms. The fraction of sp³-hybridized carbons (Fsp3) is 0. The van der Waals surface area contributed by atoms with E-state index in [0.29, 0.717) is 0 Å². The summed E-state index contributed by atoms with van der Waals surface area (Å²) in [6.07, 6.45) is 0. The van der Waals surface area contributed by atoms with E-state index < -0.39 is 23.9 Å². The van der Waals surface area contributed by atoms with Gasteiger partial charge >= 0.3 is 23.9 Å². The number of hydrogen-bond acceptors (Lipinski definition) is 4. The van der Waals surface area contributed by atoms with Gasteiger partial charge in [0.25, 0.3) is 0 Å². The van der Waals surface area contributed by atoms with Crippen LogP contribution in [0.3, 0.4) is 0 Å². The summed E-state index contributed by atoms with van der Waals surface area (Å²) in [4.78, 5) is 41.9. The van der Waals surface area contributed by atoms with Gasteiger partial charge in [-0.2, -0.15) is 0 Å². The van der Waals surface area contributed by atoms with Crippen LogP contribution in [0.1, 0.15) is 41.4 Å². The van der Waals surface area contributed by atoms with Crippen molar-refractivity contribution in [2.24, 2.45) is 0 Å². The smallest absolute Gasteiger partial charge is 0.336 e. The van der Waals surface area contributed by atoms with E-state index in [0.717, 1.165) is 0 Å². The molecule has 0 spiro atoms. The van der Waals surface area contributed by atoms with E-state index in [9.17, 15) is 19.2 Å². The van der Waals surface area contributed by atoms with Crippen molar-refractivity contribution in [2.45, 2.75) is 0 Å². The molecule has 0 aliphatic carbocycles. The molecular formula is C16H16LaO10. The Morgan fingerprint density at radius 1 is 0.481 bits per heavy atom.